The molecule has 4 nitrogen and oxygen atoms in total. The van der Waals surface area contributed by atoms with Crippen molar-refractivity contribution in [3.05, 3.63) is 39.5 Å². The van der Waals surface area contributed by atoms with Crippen LogP contribution in [0, 0.1) is 0 Å². The predicted molar refractivity (Wildman–Crippen MR) is 82.7 cm³/mol. The van der Waals surface area contributed by atoms with Crippen LogP contribution in [0.5, 0.6) is 0 Å². The molecule has 1 aromatic heterocycles. The predicted octanol–water partition coefficient (Wildman–Crippen LogP) is 4.58. The molecule has 0 saturated carbocycles. The van der Waals surface area contributed by atoms with E-state index in [2.05, 4.69) is 21.1 Å². The zero-order valence-corrected chi connectivity index (χ0v) is 14.1. The zero-order chi connectivity index (χ0) is 16.8. The van der Waals surface area contributed by atoms with E-state index in [9.17, 15) is 13.6 Å². The third kappa shape index (κ3) is 2.78. The molecule has 0 radical (unpaired) electrons. The summed E-state index contributed by atoms with van der Waals surface area (Å²) < 4.78 is 39.1. The van der Waals surface area contributed by atoms with Crippen LogP contribution in [0.25, 0.3) is 11.3 Å². The number of hydrogen-bond donors (Lipinski definition) is 0. The van der Waals surface area contributed by atoms with E-state index in [1.807, 2.05) is 0 Å². The van der Waals surface area contributed by atoms with Gasteiger partial charge in [0.25, 0.3) is 5.92 Å². The van der Waals surface area contributed by atoms with Gasteiger partial charge < -0.3 is 9.26 Å². The van der Waals surface area contributed by atoms with Gasteiger partial charge >= 0.3 is 5.97 Å². The van der Waals surface area contributed by atoms with Gasteiger partial charge in [-0.25, -0.2) is 13.6 Å². The third-order valence-electron chi connectivity index (χ3n) is 3.91. The van der Waals surface area contributed by atoms with Gasteiger partial charge in [-0.2, -0.15) is 0 Å². The van der Waals surface area contributed by atoms with Crippen molar-refractivity contribution in [2.75, 3.05) is 6.61 Å². The van der Waals surface area contributed by atoms with E-state index in [1.54, 1.807) is 25.1 Å². The molecule has 0 bridgehead atoms. The van der Waals surface area contributed by atoms with Crippen LogP contribution in [0.3, 0.4) is 0 Å². The second-order valence-electron chi connectivity index (χ2n) is 5.50. The van der Waals surface area contributed by atoms with Crippen molar-refractivity contribution in [2.24, 2.45) is 0 Å². The van der Waals surface area contributed by atoms with E-state index in [-0.39, 0.29) is 18.7 Å². The molecule has 0 spiro atoms. The summed E-state index contributed by atoms with van der Waals surface area (Å²) in [7, 11) is 0. The lowest BCUT2D eigenvalue weighted by atomic mass is 9.78. The number of halogens is 3. The van der Waals surface area contributed by atoms with E-state index < -0.39 is 17.8 Å². The number of ether oxygens (including phenoxy) is 1. The van der Waals surface area contributed by atoms with Gasteiger partial charge in [0.15, 0.2) is 11.5 Å². The minimum atomic E-state index is -2.94. The number of carbonyl (C=O) groups excluding carboxylic acids is 1. The monoisotopic (exact) mass is 385 g/mol. The average molecular weight is 386 g/mol. The lowest BCUT2D eigenvalue weighted by Crippen LogP contribution is -2.28. The molecule has 122 valence electrons. The van der Waals surface area contributed by atoms with Crippen LogP contribution < -0.4 is 0 Å². The van der Waals surface area contributed by atoms with E-state index >= 15 is 0 Å². The van der Waals surface area contributed by atoms with Crippen molar-refractivity contribution in [2.45, 2.75) is 32.1 Å². The maximum atomic E-state index is 14.1. The first kappa shape index (κ1) is 16.1. The maximum absolute atomic E-state index is 14.1. The Bertz CT molecular complexity index is 767. The molecular formula is C16H14BrF2NO3. The molecule has 0 aliphatic heterocycles. The number of esters is 1. The second kappa shape index (κ2) is 5.70. The summed E-state index contributed by atoms with van der Waals surface area (Å²) >= 11 is 3.33. The Hall–Kier alpha value is -1.76. The fraction of sp³-hybridized carbons (Fsp3) is 0.375. The molecule has 1 atom stereocenters. The topological polar surface area (TPSA) is 52.3 Å². The smallest absolute Gasteiger partial charge is 0.360 e. The van der Waals surface area contributed by atoms with Crippen LogP contribution in [-0.4, -0.2) is 23.7 Å². The minimum absolute atomic E-state index is 0.0227. The zero-order valence-electron chi connectivity index (χ0n) is 12.5. The van der Waals surface area contributed by atoms with Crippen molar-refractivity contribution >= 4 is 21.9 Å². The SMILES string of the molecule is CCOC(=O)c1noc2c1CC(C(C)(F)F)c1ccc(Br)cc1-2. The Morgan fingerprint density at radius 2 is 2.26 bits per heavy atom. The fourth-order valence-electron chi connectivity index (χ4n) is 2.87. The summed E-state index contributed by atoms with van der Waals surface area (Å²) in [6, 6.07) is 5.06. The third-order valence-corrected chi connectivity index (χ3v) is 4.41. The summed E-state index contributed by atoms with van der Waals surface area (Å²) in [4.78, 5) is 12.0. The highest BCUT2D eigenvalue weighted by Gasteiger charge is 2.43. The molecule has 0 fully saturated rings. The number of aromatic nitrogens is 1. The van der Waals surface area contributed by atoms with E-state index in [4.69, 9.17) is 9.26 Å². The molecule has 0 amide bonds. The van der Waals surface area contributed by atoms with Crippen LogP contribution in [0.2, 0.25) is 0 Å². The minimum Gasteiger partial charge on any atom is -0.461 e. The molecule has 23 heavy (non-hydrogen) atoms. The standard InChI is InChI=1S/C16H14BrF2NO3/c1-3-22-15(21)13-11-7-12(16(2,18)19)9-5-4-8(17)6-10(9)14(11)23-20-13/h4-6,12H,3,7H2,1-2H3. The molecule has 7 heteroatoms. The Kier molecular flexibility index (Phi) is 4.00. The number of nitrogens with zero attached hydrogens (tertiary/aromatic N) is 1. The largest absolute Gasteiger partial charge is 0.461 e. The van der Waals surface area contributed by atoms with Gasteiger partial charge in [-0.1, -0.05) is 27.2 Å². The Labute approximate surface area is 139 Å². The summed E-state index contributed by atoms with van der Waals surface area (Å²) in [6.07, 6.45) is -0.0227. The highest BCUT2D eigenvalue weighted by molar-refractivity contribution is 9.10. The van der Waals surface area contributed by atoms with Gasteiger partial charge in [-0.05, 0) is 38.0 Å². The van der Waals surface area contributed by atoms with Gasteiger partial charge in [0.1, 0.15) is 0 Å². The second-order valence-corrected chi connectivity index (χ2v) is 6.42. The fourth-order valence-corrected chi connectivity index (χ4v) is 3.23. The van der Waals surface area contributed by atoms with Crippen LogP contribution in [0.4, 0.5) is 8.78 Å². The lowest BCUT2D eigenvalue weighted by molar-refractivity contribution is -0.00858. The molecule has 0 saturated heterocycles. The average Bonchev–Trinajstić information content (AvgIpc) is 2.89. The highest BCUT2D eigenvalue weighted by Crippen LogP contribution is 2.47. The number of benzene rings is 1. The molecule has 0 N–H and O–H groups in total. The van der Waals surface area contributed by atoms with Crippen molar-refractivity contribution < 1.29 is 22.8 Å². The normalized spacial score (nSPS) is 16.7. The van der Waals surface area contributed by atoms with Gasteiger partial charge in [0, 0.05) is 15.6 Å². The molecule has 2 aromatic rings. The number of alkyl halides is 2. The van der Waals surface area contributed by atoms with Crippen LogP contribution in [0.1, 0.15) is 41.4 Å². The van der Waals surface area contributed by atoms with Crippen molar-refractivity contribution in [1.82, 2.24) is 5.16 Å². The first-order valence-electron chi connectivity index (χ1n) is 7.16. The molecular weight excluding hydrogens is 372 g/mol. The molecule has 1 aliphatic rings. The quantitative estimate of drug-likeness (QED) is 0.725. The Morgan fingerprint density at radius 3 is 2.91 bits per heavy atom. The summed E-state index contributed by atoms with van der Waals surface area (Å²) in [5, 5.41) is 3.75. The Morgan fingerprint density at radius 1 is 1.52 bits per heavy atom. The van der Waals surface area contributed by atoms with Gasteiger partial charge in [-0.3, -0.25) is 0 Å². The van der Waals surface area contributed by atoms with Crippen LogP contribution in [-0.2, 0) is 11.2 Å². The summed E-state index contributed by atoms with van der Waals surface area (Å²) in [6.45, 7) is 2.72. The van der Waals surface area contributed by atoms with Gasteiger partial charge in [-0.15, -0.1) is 0 Å². The number of hydrogen-bond acceptors (Lipinski definition) is 4. The molecule has 1 heterocycles. The van der Waals surface area contributed by atoms with Crippen LogP contribution in [0.15, 0.2) is 27.2 Å². The molecule has 1 unspecified atom stereocenters. The molecule has 1 aromatic carbocycles. The van der Waals surface area contributed by atoms with Gasteiger partial charge in [0.2, 0.25) is 0 Å². The molecule has 1 aliphatic carbocycles. The summed E-state index contributed by atoms with van der Waals surface area (Å²) in [5.41, 5.74) is 1.36. The molecule has 3 rings (SSSR count). The number of fused-ring (bicyclic) bond motifs is 3. The van der Waals surface area contributed by atoms with Crippen molar-refractivity contribution in [3.63, 3.8) is 0 Å². The van der Waals surface area contributed by atoms with E-state index in [0.29, 0.717) is 22.5 Å². The number of rotatable bonds is 3. The van der Waals surface area contributed by atoms with Crippen molar-refractivity contribution in [3.8, 4) is 11.3 Å². The van der Waals surface area contributed by atoms with Crippen LogP contribution >= 0.6 is 15.9 Å². The Balaban J connectivity index is 2.18. The maximum Gasteiger partial charge on any atom is 0.360 e. The summed E-state index contributed by atoms with van der Waals surface area (Å²) in [5.74, 6) is -4.30. The lowest BCUT2D eigenvalue weighted by Gasteiger charge is -2.29. The van der Waals surface area contributed by atoms with Crippen molar-refractivity contribution in [1.29, 1.82) is 0 Å². The first-order chi connectivity index (χ1) is 10.8. The highest BCUT2D eigenvalue weighted by atomic mass is 79.9. The van der Waals surface area contributed by atoms with E-state index in [0.717, 1.165) is 11.4 Å². The number of carbonyl (C=O) groups is 1. The van der Waals surface area contributed by atoms with Gasteiger partial charge in [0.05, 0.1) is 12.5 Å². The van der Waals surface area contributed by atoms with E-state index in [1.165, 1.54) is 0 Å². The first-order valence-corrected chi connectivity index (χ1v) is 7.95.